The van der Waals surface area contributed by atoms with Crippen LogP contribution in [0.5, 0.6) is 11.5 Å². The summed E-state index contributed by atoms with van der Waals surface area (Å²) < 4.78 is 10.8. The van der Waals surface area contributed by atoms with Crippen molar-refractivity contribution in [3.8, 4) is 11.5 Å². The molecule has 8 heteroatoms. The van der Waals surface area contributed by atoms with Crippen molar-refractivity contribution < 1.29 is 19.1 Å². The molecule has 2 unspecified atom stereocenters. The van der Waals surface area contributed by atoms with Gasteiger partial charge in [0.05, 0.1) is 25.4 Å². The number of hydrazine groups is 1. The number of hydrogen-bond donors (Lipinski definition) is 2. The molecule has 2 N–H and O–H groups in total. The second kappa shape index (κ2) is 9.32. The molecule has 1 saturated heterocycles. The Morgan fingerprint density at radius 2 is 1.97 bits per heavy atom. The third kappa shape index (κ3) is 4.55. The smallest absolute Gasteiger partial charge is 0.251 e. The van der Waals surface area contributed by atoms with Gasteiger partial charge in [0.25, 0.3) is 5.91 Å². The molecule has 1 fully saturated rings. The Bertz CT molecular complexity index is 1020. The lowest BCUT2D eigenvalue weighted by Crippen LogP contribution is -2.49. The minimum Gasteiger partial charge on any atom is -0.495 e. The highest BCUT2D eigenvalue weighted by Crippen LogP contribution is 2.32. The fraction of sp³-hybridized carbons (Fsp3) is 0.333. The summed E-state index contributed by atoms with van der Waals surface area (Å²) in [6.07, 6.45) is 4.06. The van der Waals surface area contributed by atoms with Crippen molar-refractivity contribution in [2.24, 2.45) is 0 Å². The van der Waals surface area contributed by atoms with Crippen molar-refractivity contribution in [2.45, 2.75) is 32.4 Å². The maximum Gasteiger partial charge on any atom is 0.251 e. The molecule has 2 amide bonds. The van der Waals surface area contributed by atoms with E-state index in [0.717, 1.165) is 16.9 Å². The number of fused-ring (bicyclic) bond motifs is 1. The van der Waals surface area contributed by atoms with Gasteiger partial charge in [-0.2, -0.15) is 0 Å². The molecular formula is C24H28N4O4. The van der Waals surface area contributed by atoms with E-state index in [9.17, 15) is 9.59 Å². The van der Waals surface area contributed by atoms with Crippen molar-refractivity contribution >= 4 is 17.5 Å². The molecule has 0 saturated carbocycles. The van der Waals surface area contributed by atoms with E-state index in [2.05, 4.69) is 10.7 Å². The topological polar surface area (TPSA) is 83.1 Å². The largest absolute Gasteiger partial charge is 0.495 e. The minimum absolute atomic E-state index is 0.00890. The van der Waals surface area contributed by atoms with Gasteiger partial charge in [-0.05, 0) is 55.7 Å². The van der Waals surface area contributed by atoms with Crippen molar-refractivity contribution in [1.29, 1.82) is 0 Å². The van der Waals surface area contributed by atoms with Gasteiger partial charge in [0, 0.05) is 12.4 Å². The molecule has 0 bridgehead atoms. The number of carbonyl (C=O) groups is 2. The fourth-order valence-electron chi connectivity index (χ4n) is 4.01. The van der Waals surface area contributed by atoms with Gasteiger partial charge in [0.1, 0.15) is 24.1 Å². The summed E-state index contributed by atoms with van der Waals surface area (Å²) >= 11 is 0. The van der Waals surface area contributed by atoms with Crippen molar-refractivity contribution in [3.05, 3.63) is 66.0 Å². The number of aryl methyl sites for hydroxylation is 1. The molecule has 32 heavy (non-hydrogen) atoms. The Morgan fingerprint density at radius 1 is 1.19 bits per heavy atom. The first-order valence-electron chi connectivity index (χ1n) is 10.7. The Hall–Kier alpha value is -3.52. The molecule has 168 valence electrons. The normalized spacial score (nSPS) is 19.7. The van der Waals surface area contributed by atoms with Gasteiger partial charge < -0.3 is 24.7 Å². The zero-order valence-corrected chi connectivity index (χ0v) is 18.5. The standard InChI is InChI=1S/C24H28N4O4/c1-4-32-18-8-6-17(7-9-18)19-14-21-24(30)27(11-12-28(21)26-19)15-23(29)25-20-13-16(2)5-10-22(20)31-3/h5-13,19,21,26H,4,14-15H2,1-3H3,(H,25,29). The molecule has 2 heterocycles. The lowest BCUT2D eigenvalue weighted by Gasteiger charge is -2.31. The van der Waals surface area contributed by atoms with Crippen LogP contribution < -0.4 is 20.2 Å². The minimum atomic E-state index is -0.363. The molecule has 2 atom stereocenters. The summed E-state index contributed by atoms with van der Waals surface area (Å²) in [6, 6.07) is 13.1. The number of hydrogen-bond acceptors (Lipinski definition) is 6. The van der Waals surface area contributed by atoms with Crippen LogP contribution in [0.15, 0.2) is 54.9 Å². The van der Waals surface area contributed by atoms with Crippen LogP contribution in [0.2, 0.25) is 0 Å². The SMILES string of the molecule is CCOc1ccc(C2CC3C(=O)N(CC(=O)Nc4cc(C)ccc4OC)C=CN3N2)cc1. The van der Waals surface area contributed by atoms with Crippen molar-refractivity contribution in [1.82, 2.24) is 15.3 Å². The maximum atomic E-state index is 13.1. The van der Waals surface area contributed by atoms with Gasteiger partial charge in [-0.3, -0.25) is 9.59 Å². The molecule has 0 radical (unpaired) electrons. The molecule has 0 spiro atoms. The maximum absolute atomic E-state index is 13.1. The average Bonchev–Trinajstić information content (AvgIpc) is 3.22. The monoisotopic (exact) mass is 436 g/mol. The van der Waals surface area contributed by atoms with Gasteiger partial charge in [-0.25, -0.2) is 5.43 Å². The molecular weight excluding hydrogens is 408 g/mol. The molecule has 2 aromatic rings. The summed E-state index contributed by atoms with van der Waals surface area (Å²) in [5, 5.41) is 4.67. The molecule has 2 aliphatic heterocycles. The van der Waals surface area contributed by atoms with Gasteiger partial charge in [0.15, 0.2) is 0 Å². The van der Waals surface area contributed by atoms with Crippen LogP contribution in [-0.2, 0) is 9.59 Å². The van der Waals surface area contributed by atoms with E-state index in [1.165, 1.54) is 4.90 Å². The highest BCUT2D eigenvalue weighted by molar-refractivity contribution is 5.97. The molecule has 2 aromatic carbocycles. The summed E-state index contributed by atoms with van der Waals surface area (Å²) in [7, 11) is 1.56. The zero-order valence-electron chi connectivity index (χ0n) is 18.5. The van der Waals surface area contributed by atoms with E-state index < -0.39 is 0 Å². The Labute approximate surface area is 187 Å². The van der Waals surface area contributed by atoms with E-state index >= 15 is 0 Å². The number of amides is 2. The van der Waals surface area contributed by atoms with Crippen LogP contribution in [0.4, 0.5) is 5.69 Å². The average molecular weight is 437 g/mol. The summed E-state index contributed by atoms with van der Waals surface area (Å²) in [5.41, 5.74) is 6.04. The first-order chi connectivity index (χ1) is 15.5. The van der Waals surface area contributed by atoms with Gasteiger partial charge in [0.2, 0.25) is 5.91 Å². The predicted octanol–water partition coefficient (Wildman–Crippen LogP) is 2.97. The number of nitrogens with one attached hydrogen (secondary N) is 2. The van der Waals surface area contributed by atoms with Gasteiger partial charge in [-0.15, -0.1) is 0 Å². The highest BCUT2D eigenvalue weighted by atomic mass is 16.5. The molecule has 4 rings (SSSR count). The fourth-order valence-corrected chi connectivity index (χ4v) is 4.01. The lowest BCUT2D eigenvalue weighted by molar-refractivity contribution is -0.137. The summed E-state index contributed by atoms with van der Waals surface area (Å²) in [6.45, 7) is 4.45. The van der Waals surface area contributed by atoms with E-state index in [-0.39, 0.29) is 30.4 Å². The number of nitrogens with zero attached hydrogens (tertiary/aromatic N) is 2. The van der Waals surface area contributed by atoms with Crippen LogP contribution in [0.3, 0.4) is 0 Å². The van der Waals surface area contributed by atoms with Gasteiger partial charge >= 0.3 is 0 Å². The molecule has 0 aromatic heterocycles. The van der Waals surface area contributed by atoms with Crippen molar-refractivity contribution in [3.63, 3.8) is 0 Å². The van der Waals surface area contributed by atoms with Crippen LogP contribution in [-0.4, -0.2) is 48.0 Å². The van der Waals surface area contributed by atoms with Crippen LogP contribution in [0.25, 0.3) is 0 Å². The number of benzene rings is 2. The number of ether oxygens (including phenoxy) is 2. The number of methoxy groups -OCH3 is 1. The Morgan fingerprint density at radius 3 is 2.69 bits per heavy atom. The van der Waals surface area contributed by atoms with Crippen LogP contribution in [0, 0.1) is 6.92 Å². The second-order valence-corrected chi connectivity index (χ2v) is 7.86. The second-order valence-electron chi connectivity index (χ2n) is 7.86. The Balaban J connectivity index is 1.39. The summed E-state index contributed by atoms with van der Waals surface area (Å²) in [5.74, 6) is 1.01. The predicted molar refractivity (Wildman–Crippen MR) is 121 cm³/mol. The lowest BCUT2D eigenvalue weighted by atomic mass is 10.0. The van der Waals surface area contributed by atoms with Crippen LogP contribution in [0.1, 0.15) is 30.5 Å². The summed E-state index contributed by atoms with van der Waals surface area (Å²) in [4.78, 5) is 27.1. The van der Waals surface area contributed by atoms with E-state index in [0.29, 0.717) is 24.5 Å². The quantitative estimate of drug-likeness (QED) is 0.694. The molecule has 2 aliphatic rings. The van der Waals surface area contributed by atoms with E-state index in [1.807, 2.05) is 55.3 Å². The van der Waals surface area contributed by atoms with E-state index in [1.54, 1.807) is 25.6 Å². The number of carbonyl (C=O) groups excluding carboxylic acids is 2. The third-order valence-electron chi connectivity index (χ3n) is 5.61. The zero-order chi connectivity index (χ0) is 22.7. The van der Waals surface area contributed by atoms with Gasteiger partial charge in [-0.1, -0.05) is 18.2 Å². The van der Waals surface area contributed by atoms with E-state index in [4.69, 9.17) is 9.47 Å². The van der Waals surface area contributed by atoms with Crippen LogP contribution >= 0.6 is 0 Å². The Kier molecular flexibility index (Phi) is 6.32. The number of rotatable bonds is 7. The van der Waals surface area contributed by atoms with Crippen molar-refractivity contribution in [2.75, 3.05) is 25.6 Å². The molecule has 8 nitrogen and oxygen atoms in total. The third-order valence-corrected chi connectivity index (χ3v) is 5.61. The highest BCUT2D eigenvalue weighted by Gasteiger charge is 2.40. The number of anilines is 1. The first-order valence-corrected chi connectivity index (χ1v) is 10.7. The molecule has 0 aliphatic carbocycles. The first kappa shape index (κ1) is 21.7.